The molecule has 0 radical (unpaired) electrons. The number of rotatable bonds is 5. The summed E-state index contributed by atoms with van der Waals surface area (Å²) in [6.07, 6.45) is 3.90. The summed E-state index contributed by atoms with van der Waals surface area (Å²) in [5, 5.41) is 20.7. The molecule has 2 aliphatic rings. The second-order valence-corrected chi connectivity index (χ2v) is 9.10. The zero-order valence-electron chi connectivity index (χ0n) is 20.2. The molecule has 1 amide bonds. The van der Waals surface area contributed by atoms with Crippen LogP contribution in [0, 0.1) is 5.82 Å². The fourth-order valence-corrected chi connectivity index (χ4v) is 4.73. The normalized spacial score (nSPS) is 16.3. The first-order chi connectivity index (χ1) is 17.8. The first-order valence-electron chi connectivity index (χ1n) is 12.1. The second kappa shape index (κ2) is 11.8. The number of aliphatic carboxylic acids is 2. The van der Waals surface area contributed by atoms with Gasteiger partial charge >= 0.3 is 11.9 Å². The number of carboxylic acid groups (broad SMARTS) is 2. The van der Waals surface area contributed by atoms with Gasteiger partial charge in [0.15, 0.2) is 5.58 Å². The van der Waals surface area contributed by atoms with E-state index in [-0.39, 0.29) is 17.6 Å². The summed E-state index contributed by atoms with van der Waals surface area (Å²) in [6.45, 7) is 3.70. The molecule has 2 aliphatic heterocycles. The molecule has 9 nitrogen and oxygen atoms in total. The predicted octanol–water partition coefficient (Wildman–Crippen LogP) is 3.44. The van der Waals surface area contributed by atoms with Crippen molar-refractivity contribution in [3.8, 4) is 0 Å². The number of nitrogens with zero attached hydrogens (tertiary/aromatic N) is 3. The Bertz CT molecular complexity index is 1300. The van der Waals surface area contributed by atoms with Crippen molar-refractivity contribution >= 4 is 28.8 Å². The van der Waals surface area contributed by atoms with Crippen LogP contribution in [-0.4, -0.2) is 69.2 Å². The van der Waals surface area contributed by atoms with Crippen LogP contribution in [0.2, 0.25) is 0 Å². The standard InChI is InChI=1S/C23H24FN3O2.C4H4O4/c24-19-5-6-20-21(13-19)29-25-23(20)17-7-10-26(11-8-17)15-22(28)27-12-9-16-3-1-2-4-18(16)14-27;5-3(6)1-2-4(7)8/h1-6,13,17H,7-12,14-15H2;1-2H,(H,5,6)(H,7,8)/b;2-1+. The number of amides is 1. The third kappa shape index (κ3) is 6.79. The maximum absolute atomic E-state index is 13.4. The van der Waals surface area contributed by atoms with Crippen LogP contribution < -0.4 is 0 Å². The van der Waals surface area contributed by atoms with Crippen molar-refractivity contribution in [1.82, 2.24) is 15.0 Å². The van der Waals surface area contributed by atoms with Gasteiger partial charge in [-0.15, -0.1) is 0 Å². The Morgan fingerprint density at radius 3 is 2.35 bits per heavy atom. The maximum Gasteiger partial charge on any atom is 0.328 e. The van der Waals surface area contributed by atoms with Gasteiger partial charge in [0.05, 0.1) is 12.2 Å². The highest BCUT2D eigenvalue weighted by atomic mass is 19.1. The monoisotopic (exact) mass is 509 g/mol. The number of hydrogen-bond acceptors (Lipinski definition) is 6. The number of halogens is 1. The number of likely N-dealkylation sites (tertiary alicyclic amines) is 1. The summed E-state index contributed by atoms with van der Waals surface area (Å²) in [6, 6.07) is 13.0. The van der Waals surface area contributed by atoms with Crippen LogP contribution in [0.1, 0.15) is 35.6 Å². The summed E-state index contributed by atoms with van der Waals surface area (Å²) in [5.74, 6) is -2.33. The largest absolute Gasteiger partial charge is 0.478 e. The highest BCUT2D eigenvalue weighted by molar-refractivity contribution is 5.89. The van der Waals surface area contributed by atoms with Crippen molar-refractivity contribution in [2.45, 2.75) is 31.7 Å². The predicted molar refractivity (Wildman–Crippen MR) is 132 cm³/mol. The van der Waals surface area contributed by atoms with E-state index in [0.717, 1.165) is 50.0 Å². The summed E-state index contributed by atoms with van der Waals surface area (Å²) in [7, 11) is 0. The third-order valence-electron chi connectivity index (χ3n) is 6.65. The number of carboxylic acids is 2. The fourth-order valence-electron chi connectivity index (χ4n) is 4.73. The number of aromatic nitrogens is 1. The Balaban J connectivity index is 0.000000349. The second-order valence-electron chi connectivity index (χ2n) is 9.10. The van der Waals surface area contributed by atoms with Crippen LogP contribution in [0.25, 0.3) is 11.0 Å². The lowest BCUT2D eigenvalue weighted by Gasteiger charge is -2.34. The summed E-state index contributed by atoms with van der Waals surface area (Å²) in [5.41, 5.74) is 4.04. The Morgan fingerprint density at radius 1 is 1.00 bits per heavy atom. The highest BCUT2D eigenvalue weighted by Gasteiger charge is 2.28. The van der Waals surface area contributed by atoms with Gasteiger partial charge in [0.25, 0.3) is 0 Å². The first kappa shape index (κ1) is 26.0. The molecule has 3 heterocycles. The molecule has 0 atom stereocenters. The number of piperidine rings is 1. The van der Waals surface area contributed by atoms with Crippen molar-refractivity contribution in [2.24, 2.45) is 0 Å². The van der Waals surface area contributed by atoms with Crippen LogP contribution in [0.3, 0.4) is 0 Å². The molecule has 1 aromatic heterocycles. The Labute approximate surface area is 212 Å². The molecule has 0 spiro atoms. The van der Waals surface area contributed by atoms with Gasteiger partial charge in [-0.3, -0.25) is 9.69 Å². The number of carbonyl (C=O) groups is 3. The molecule has 0 unspecified atom stereocenters. The van der Waals surface area contributed by atoms with Gasteiger partial charge in [0.1, 0.15) is 5.82 Å². The van der Waals surface area contributed by atoms with E-state index in [9.17, 15) is 18.8 Å². The molecular formula is C27H28FN3O6. The Morgan fingerprint density at radius 2 is 1.68 bits per heavy atom. The molecule has 0 saturated carbocycles. The average Bonchev–Trinajstić information content (AvgIpc) is 3.31. The van der Waals surface area contributed by atoms with Gasteiger partial charge < -0.3 is 19.6 Å². The molecule has 5 rings (SSSR count). The minimum absolute atomic E-state index is 0.209. The van der Waals surface area contributed by atoms with E-state index >= 15 is 0 Å². The molecule has 0 bridgehead atoms. The number of benzene rings is 2. The van der Waals surface area contributed by atoms with E-state index in [1.54, 1.807) is 6.07 Å². The molecule has 0 aliphatic carbocycles. The fraction of sp³-hybridized carbons (Fsp3) is 0.333. The van der Waals surface area contributed by atoms with E-state index in [0.29, 0.717) is 30.8 Å². The van der Waals surface area contributed by atoms with Crippen LogP contribution in [0.4, 0.5) is 4.39 Å². The lowest BCUT2D eigenvalue weighted by Crippen LogP contribution is -2.44. The van der Waals surface area contributed by atoms with Crippen molar-refractivity contribution < 1.29 is 33.5 Å². The minimum Gasteiger partial charge on any atom is -0.478 e. The van der Waals surface area contributed by atoms with E-state index < -0.39 is 11.9 Å². The van der Waals surface area contributed by atoms with E-state index in [1.807, 2.05) is 11.0 Å². The van der Waals surface area contributed by atoms with E-state index in [1.165, 1.54) is 23.3 Å². The van der Waals surface area contributed by atoms with Crippen molar-refractivity contribution in [2.75, 3.05) is 26.2 Å². The zero-order valence-corrected chi connectivity index (χ0v) is 20.2. The Kier molecular flexibility index (Phi) is 8.29. The maximum atomic E-state index is 13.4. The highest BCUT2D eigenvalue weighted by Crippen LogP contribution is 2.32. The number of fused-ring (bicyclic) bond motifs is 2. The quantitative estimate of drug-likeness (QED) is 0.502. The van der Waals surface area contributed by atoms with Crippen LogP contribution in [0.15, 0.2) is 59.1 Å². The van der Waals surface area contributed by atoms with Crippen molar-refractivity contribution in [3.63, 3.8) is 0 Å². The topological polar surface area (TPSA) is 124 Å². The molecule has 2 aromatic carbocycles. The van der Waals surface area contributed by atoms with Gasteiger partial charge in [-0.05, 0) is 55.6 Å². The summed E-state index contributed by atoms with van der Waals surface area (Å²) in [4.78, 5) is 36.1. The minimum atomic E-state index is -1.26. The lowest BCUT2D eigenvalue weighted by molar-refractivity contribution is -0.134. The number of hydrogen-bond donors (Lipinski definition) is 2. The molecule has 2 N–H and O–H groups in total. The summed E-state index contributed by atoms with van der Waals surface area (Å²) < 4.78 is 18.7. The van der Waals surface area contributed by atoms with Crippen LogP contribution in [0.5, 0.6) is 0 Å². The lowest BCUT2D eigenvalue weighted by atomic mass is 9.91. The molecule has 10 heteroatoms. The first-order valence-corrected chi connectivity index (χ1v) is 12.1. The third-order valence-corrected chi connectivity index (χ3v) is 6.65. The van der Waals surface area contributed by atoms with E-state index in [4.69, 9.17) is 14.7 Å². The SMILES string of the molecule is O=C(CN1CCC(c2noc3cc(F)ccc23)CC1)N1CCc2ccccc2C1.O=C(O)/C=C/C(=O)O. The molecule has 37 heavy (non-hydrogen) atoms. The van der Waals surface area contributed by atoms with Crippen LogP contribution >= 0.6 is 0 Å². The van der Waals surface area contributed by atoms with Gasteiger partial charge in [-0.2, -0.15) is 0 Å². The van der Waals surface area contributed by atoms with E-state index in [2.05, 4.69) is 28.3 Å². The molecule has 1 saturated heterocycles. The average molecular weight is 510 g/mol. The van der Waals surface area contributed by atoms with Crippen molar-refractivity contribution in [1.29, 1.82) is 0 Å². The summed E-state index contributed by atoms with van der Waals surface area (Å²) >= 11 is 0. The zero-order chi connectivity index (χ0) is 26.4. The van der Waals surface area contributed by atoms with Gasteiger partial charge in [0, 0.05) is 42.6 Å². The molecule has 3 aromatic rings. The number of carbonyl (C=O) groups excluding carboxylic acids is 1. The smallest absolute Gasteiger partial charge is 0.328 e. The molecular weight excluding hydrogens is 481 g/mol. The Hall–Kier alpha value is -4.05. The molecule has 194 valence electrons. The van der Waals surface area contributed by atoms with Gasteiger partial charge in [-0.25, -0.2) is 14.0 Å². The van der Waals surface area contributed by atoms with Gasteiger partial charge in [0.2, 0.25) is 5.91 Å². The van der Waals surface area contributed by atoms with Gasteiger partial charge in [-0.1, -0.05) is 29.4 Å². The van der Waals surface area contributed by atoms with Crippen LogP contribution in [-0.2, 0) is 27.3 Å². The van der Waals surface area contributed by atoms with Crippen molar-refractivity contribution in [3.05, 3.63) is 77.3 Å². The molecule has 1 fully saturated rings.